The van der Waals surface area contributed by atoms with Crippen LogP contribution >= 0.6 is 0 Å². The summed E-state index contributed by atoms with van der Waals surface area (Å²) in [6, 6.07) is 6.00. The van der Waals surface area contributed by atoms with Gasteiger partial charge in [0.05, 0.1) is 6.33 Å². The van der Waals surface area contributed by atoms with E-state index in [0.717, 1.165) is 5.56 Å². The van der Waals surface area contributed by atoms with Crippen LogP contribution in [0.4, 0.5) is 0 Å². The van der Waals surface area contributed by atoms with Gasteiger partial charge >= 0.3 is 5.97 Å². The predicted octanol–water partition coefficient (Wildman–Crippen LogP) is 0.983. The van der Waals surface area contributed by atoms with Gasteiger partial charge in [0, 0.05) is 44.5 Å². The topological polar surface area (TPSA) is 105 Å². The molecular formula is C18H22N4O4. The lowest BCUT2D eigenvalue weighted by molar-refractivity contribution is -0.141. The molecule has 0 bridgehead atoms. The van der Waals surface area contributed by atoms with E-state index in [1.165, 1.54) is 18.7 Å². The number of hydrogen-bond donors (Lipinski definition) is 2. The van der Waals surface area contributed by atoms with Crippen molar-refractivity contribution in [3.63, 3.8) is 0 Å². The van der Waals surface area contributed by atoms with Crippen molar-refractivity contribution in [1.82, 2.24) is 19.8 Å². The van der Waals surface area contributed by atoms with Crippen LogP contribution in [0, 0.1) is 0 Å². The first-order valence-corrected chi connectivity index (χ1v) is 8.21. The maximum absolute atomic E-state index is 12.7. The minimum absolute atomic E-state index is 0.114. The number of hydrogen-bond acceptors (Lipinski definition) is 4. The molecule has 2 amide bonds. The van der Waals surface area contributed by atoms with Crippen molar-refractivity contribution < 1.29 is 19.5 Å². The van der Waals surface area contributed by atoms with Gasteiger partial charge in [0.2, 0.25) is 5.91 Å². The van der Waals surface area contributed by atoms with Crippen LogP contribution in [0.2, 0.25) is 0 Å². The molecule has 2 aromatic rings. The second kappa shape index (κ2) is 8.80. The lowest BCUT2D eigenvalue weighted by atomic mass is 10.1. The molecule has 0 aliphatic carbocycles. The Morgan fingerprint density at radius 3 is 2.50 bits per heavy atom. The molecule has 0 spiro atoms. The highest BCUT2D eigenvalue weighted by atomic mass is 16.4. The maximum Gasteiger partial charge on any atom is 0.326 e. The number of nitrogens with one attached hydrogen (secondary N) is 1. The SMILES string of the molecule is CC(=O)NCCN(C(=O)c1ccc(Cn2ccnc2)cc1)C(C)C(=O)O. The quantitative estimate of drug-likeness (QED) is 0.732. The van der Waals surface area contributed by atoms with Crippen molar-refractivity contribution in [2.75, 3.05) is 13.1 Å². The first kappa shape index (κ1) is 19.2. The summed E-state index contributed by atoms with van der Waals surface area (Å²) in [4.78, 5) is 40.3. The Morgan fingerprint density at radius 1 is 1.27 bits per heavy atom. The number of carbonyl (C=O) groups excluding carboxylic acids is 2. The smallest absolute Gasteiger partial charge is 0.326 e. The molecule has 2 N–H and O–H groups in total. The van der Waals surface area contributed by atoms with Gasteiger partial charge in [0.25, 0.3) is 5.91 Å². The van der Waals surface area contributed by atoms with Gasteiger partial charge in [0.15, 0.2) is 0 Å². The summed E-state index contributed by atoms with van der Waals surface area (Å²) in [6.07, 6.45) is 5.24. The summed E-state index contributed by atoms with van der Waals surface area (Å²) in [5.74, 6) is -1.72. The van der Waals surface area contributed by atoms with E-state index in [0.29, 0.717) is 12.1 Å². The normalized spacial score (nSPS) is 11.6. The van der Waals surface area contributed by atoms with Crippen LogP contribution in [0.5, 0.6) is 0 Å². The van der Waals surface area contributed by atoms with E-state index in [-0.39, 0.29) is 24.9 Å². The Labute approximate surface area is 151 Å². The molecular weight excluding hydrogens is 336 g/mol. The molecule has 1 aromatic carbocycles. The Kier molecular flexibility index (Phi) is 6.48. The maximum atomic E-state index is 12.7. The molecule has 2 rings (SSSR count). The molecule has 26 heavy (non-hydrogen) atoms. The highest BCUT2D eigenvalue weighted by Crippen LogP contribution is 2.11. The predicted molar refractivity (Wildman–Crippen MR) is 94.6 cm³/mol. The second-order valence-electron chi connectivity index (χ2n) is 5.93. The van der Waals surface area contributed by atoms with Crippen molar-refractivity contribution >= 4 is 17.8 Å². The summed E-state index contributed by atoms with van der Waals surface area (Å²) < 4.78 is 1.91. The van der Waals surface area contributed by atoms with Gasteiger partial charge in [-0.2, -0.15) is 0 Å². The molecule has 0 radical (unpaired) electrons. The van der Waals surface area contributed by atoms with E-state index in [4.69, 9.17) is 0 Å². The minimum Gasteiger partial charge on any atom is -0.480 e. The van der Waals surface area contributed by atoms with E-state index in [9.17, 15) is 19.5 Å². The summed E-state index contributed by atoms with van der Waals surface area (Å²) in [5.41, 5.74) is 1.39. The summed E-state index contributed by atoms with van der Waals surface area (Å²) in [5, 5.41) is 11.8. The standard InChI is InChI=1S/C18H22N4O4/c1-13(18(25)26)22(10-8-20-14(2)23)17(24)16-5-3-15(4-6-16)11-21-9-7-19-12-21/h3-7,9,12-13H,8,10-11H2,1-2H3,(H,20,23)(H,25,26). The molecule has 0 saturated heterocycles. The molecule has 8 nitrogen and oxygen atoms in total. The molecule has 1 heterocycles. The number of carbonyl (C=O) groups is 3. The Balaban J connectivity index is 2.10. The monoisotopic (exact) mass is 358 g/mol. The van der Waals surface area contributed by atoms with Crippen LogP contribution in [-0.4, -0.2) is 56.5 Å². The Hall–Kier alpha value is -3.16. The fourth-order valence-corrected chi connectivity index (χ4v) is 2.47. The van der Waals surface area contributed by atoms with E-state index in [1.54, 1.807) is 24.7 Å². The van der Waals surface area contributed by atoms with E-state index < -0.39 is 12.0 Å². The van der Waals surface area contributed by atoms with Crippen LogP contribution in [0.25, 0.3) is 0 Å². The van der Waals surface area contributed by atoms with Gasteiger partial charge in [-0.3, -0.25) is 9.59 Å². The average molecular weight is 358 g/mol. The number of aliphatic carboxylic acids is 1. The largest absolute Gasteiger partial charge is 0.480 e. The number of aromatic nitrogens is 2. The van der Waals surface area contributed by atoms with Gasteiger partial charge in [-0.15, -0.1) is 0 Å². The van der Waals surface area contributed by atoms with Crippen molar-refractivity contribution in [2.24, 2.45) is 0 Å². The molecule has 1 atom stereocenters. The summed E-state index contributed by atoms with van der Waals surface area (Å²) in [7, 11) is 0. The Morgan fingerprint density at radius 2 is 1.96 bits per heavy atom. The third-order valence-corrected chi connectivity index (χ3v) is 3.94. The molecule has 0 saturated carbocycles. The number of nitrogens with zero attached hydrogens (tertiary/aromatic N) is 3. The van der Waals surface area contributed by atoms with Gasteiger partial charge < -0.3 is 19.9 Å². The zero-order chi connectivity index (χ0) is 19.1. The molecule has 138 valence electrons. The zero-order valence-corrected chi connectivity index (χ0v) is 14.8. The molecule has 1 unspecified atom stereocenters. The van der Waals surface area contributed by atoms with E-state index in [1.807, 2.05) is 22.9 Å². The van der Waals surface area contributed by atoms with Crippen molar-refractivity contribution in [3.8, 4) is 0 Å². The number of carboxylic acid groups (broad SMARTS) is 1. The van der Waals surface area contributed by atoms with E-state index in [2.05, 4.69) is 10.3 Å². The number of rotatable bonds is 8. The number of benzene rings is 1. The van der Waals surface area contributed by atoms with Crippen LogP contribution in [0.1, 0.15) is 29.8 Å². The lowest BCUT2D eigenvalue weighted by Crippen LogP contribution is -2.46. The highest BCUT2D eigenvalue weighted by Gasteiger charge is 2.26. The van der Waals surface area contributed by atoms with E-state index >= 15 is 0 Å². The fourth-order valence-electron chi connectivity index (χ4n) is 2.47. The Bertz CT molecular complexity index is 756. The average Bonchev–Trinajstić information content (AvgIpc) is 3.11. The van der Waals surface area contributed by atoms with Crippen LogP contribution in [0.3, 0.4) is 0 Å². The zero-order valence-electron chi connectivity index (χ0n) is 14.8. The van der Waals surface area contributed by atoms with Crippen LogP contribution in [-0.2, 0) is 16.1 Å². The molecule has 0 fully saturated rings. The highest BCUT2D eigenvalue weighted by molar-refractivity contribution is 5.96. The number of carboxylic acids is 1. The van der Waals surface area contributed by atoms with Crippen molar-refractivity contribution in [2.45, 2.75) is 26.4 Å². The lowest BCUT2D eigenvalue weighted by Gasteiger charge is -2.26. The first-order valence-electron chi connectivity index (χ1n) is 8.21. The number of amides is 2. The van der Waals surface area contributed by atoms with Crippen molar-refractivity contribution in [1.29, 1.82) is 0 Å². The van der Waals surface area contributed by atoms with Crippen LogP contribution < -0.4 is 5.32 Å². The third kappa shape index (κ3) is 5.17. The number of imidazole rings is 1. The molecule has 8 heteroatoms. The molecule has 1 aromatic heterocycles. The van der Waals surface area contributed by atoms with Gasteiger partial charge in [0.1, 0.15) is 6.04 Å². The van der Waals surface area contributed by atoms with Crippen LogP contribution in [0.15, 0.2) is 43.0 Å². The molecule has 0 aliphatic rings. The summed E-state index contributed by atoms with van der Waals surface area (Å²) in [6.45, 7) is 3.75. The fraction of sp³-hybridized carbons (Fsp3) is 0.333. The third-order valence-electron chi connectivity index (χ3n) is 3.94. The first-order chi connectivity index (χ1) is 12.4. The van der Waals surface area contributed by atoms with Gasteiger partial charge in [-0.25, -0.2) is 9.78 Å². The van der Waals surface area contributed by atoms with Gasteiger partial charge in [-0.1, -0.05) is 12.1 Å². The van der Waals surface area contributed by atoms with Crippen molar-refractivity contribution in [3.05, 3.63) is 54.1 Å². The molecule has 0 aliphatic heterocycles. The van der Waals surface area contributed by atoms with Gasteiger partial charge in [-0.05, 0) is 24.6 Å². The summed E-state index contributed by atoms with van der Waals surface area (Å²) >= 11 is 0. The minimum atomic E-state index is -1.10. The second-order valence-corrected chi connectivity index (χ2v) is 5.93.